The topological polar surface area (TPSA) is 104 Å². The molecule has 0 unspecified atom stereocenters. The van der Waals surface area contributed by atoms with Crippen LogP contribution in [0.2, 0.25) is 0 Å². The summed E-state index contributed by atoms with van der Waals surface area (Å²) in [5.74, 6) is -5.49. The van der Waals surface area contributed by atoms with E-state index in [4.69, 9.17) is 0 Å². The van der Waals surface area contributed by atoms with Crippen molar-refractivity contribution in [2.45, 2.75) is 42.9 Å². The minimum absolute atomic E-state index is 0.0309. The number of anilines is 1. The lowest BCUT2D eigenvalue weighted by atomic mass is 9.61. The number of carbonyl (C=O) groups is 1. The standard InChI is InChI=1S/C22H20F5N5O2S/c23-11-5-12-13(7-29-17(12)28-6-11)18-31-19(15(24)20(32-18)35-8-22(25,26)27)30-16-10-3-1-9(2-4-10)14(16)21(33)34/h5-7,9-10,14,16H,1-4,8H2,(H,28,29)(H,33,34)(H,30,31,32)/t9?,10?,14-,16-/m0/s1. The quantitative estimate of drug-likeness (QED) is 0.235. The second kappa shape index (κ2) is 8.92. The van der Waals surface area contributed by atoms with Crippen LogP contribution >= 0.6 is 11.8 Å². The summed E-state index contributed by atoms with van der Waals surface area (Å²) < 4.78 is 67.9. The molecule has 6 rings (SSSR count). The van der Waals surface area contributed by atoms with Gasteiger partial charge in [-0.15, -0.1) is 0 Å². The molecule has 7 nitrogen and oxygen atoms in total. The predicted octanol–water partition coefficient (Wildman–Crippen LogP) is 5.25. The average Bonchev–Trinajstić information content (AvgIpc) is 3.22. The molecule has 2 atom stereocenters. The van der Waals surface area contributed by atoms with Crippen molar-refractivity contribution in [1.82, 2.24) is 19.9 Å². The second-order valence-electron chi connectivity index (χ2n) is 8.88. The predicted molar refractivity (Wildman–Crippen MR) is 118 cm³/mol. The molecule has 0 aromatic carbocycles. The van der Waals surface area contributed by atoms with Gasteiger partial charge in [-0.05, 0) is 43.6 Å². The van der Waals surface area contributed by atoms with E-state index < -0.39 is 46.5 Å². The maximum atomic E-state index is 15.4. The largest absolute Gasteiger partial charge is 0.481 e. The lowest BCUT2D eigenvalue weighted by molar-refractivity contribution is -0.148. The highest BCUT2D eigenvalue weighted by Crippen LogP contribution is 2.47. The van der Waals surface area contributed by atoms with Gasteiger partial charge in [0.25, 0.3) is 0 Å². The van der Waals surface area contributed by atoms with Gasteiger partial charge in [0.15, 0.2) is 17.5 Å². The minimum Gasteiger partial charge on any atom is -0.481 e. The SMILES string of the molecule is O=C(O)[C@H]1C2CCC(CC2)[C@@H]1Nc1nc(-c2c[nH]c3ncc(F)cc23)nc(SCC(F)(F)F)c1F. The Balaban J connectivity index is 1.58. The molecule has 3 aliphatic rings. The Hall–Kier alpha value is -2.96. The lowest BCUT2D eigenvalue weighted by Gasteiger charge is -2.47. The highest BCUT2D eigenvalue weighted by Gasteiger charge is 2.47. The van der Waals surface area contributed by atoms with Crippen molar-refractivity contribution in [2.24, 2.45) is 17.8 Å². The molecule has 0 saturated heterocycles. The molecule has 3 N–H and O–H groups in total. The fourth-order valence-electron chi connectivity index (χ4n) is 5.22. The number of nitrogens with one attached hydrogen (secondary N) is 2. The summed E-state index contributed by atoms with van der Waals surface area (Å²) >= 11 is 0.165. The maximum Gasteiger partial charge on any atom is 0.398 e. The molecule has 186 valence electrons. The number of hydrogen-bond donors (Lipinski definition) is 3. The van der Waals surface area contributed by atoms with Gasteiger partial charge >= 0.3 is 12.1 Å². The number of thioether (sulfide) groups is 1. The summed E-state index contributed by atoms with van der Waals surface area (Å²) in [6.07, 6.45) is 0.907. The first-order chi connectivity index (χ1) is 16.6. The van der Waals surface area contributed by atoms with E-state index in [1.807, 2.05) is 0 Å². The van der Waals surface area contributed by atoms with Crippen LogP contribution in [-0.2, 0) is 4.79 Å². The van der Waals surface area contributed by atoms with E-state index in [0.29, 0.717) is 5.65 Å². The van der Waals surface area contributed by atoms with Crippen LogP contribution in [0.4, 0.5) is 27.8 Å². The first-order valence-corrected chi connectivity index (χ1v) is 12.0. The number of pyridine rings is 1. The van der Waals surface area contributed by atoms with Gasteiger partial charge in [-0.25, -0.2) is 19.3 Å². The zero-order valence-electron chi connectivity index (χ0n) is 18.1. The Bertz CT molecular complexity index is 1280. The molecule has 3 aliphatic carbocycles. The van der Waals surface area contributed by atoms with E-state index in [1.165, 1.54) is 6.20 Å². The fraction of sp³-hybridized carbons (Fsp3) is 0.455. The molecule has 0 amide bonds. The summed E-state index contributed by atoms with van der Waals surface area (Å²) in [5, 5.41) is 12.5. The Morgan fingerprint density at radius 2 is 1.89 bits per heavy atom. The maximum absolute atomic E-state index is 15.4. The molecule has 2 bridgehead atoms. The van der Waals surface area contributed by atoms with Crippen molar-refractivity contribution in [3.8, 4) is 11.4 Å². The zero-order valence-corrected chi connectivity index (χ0v) is 18.9. The van der Waals surface area contributed by atoms with Gasteiger partial charge in [-0.3, -0.25) is 4.79 Å². The van der Waals surface area contributed by atoms with Crippen molar-refractivity contribution in [2.75, 3.05) is 11.1 Å². The summed E-state index contributed by atoms with van der Waals surface area (Å²) in [6.45, 7) is 0. The molecular formula is C22H20F5N5O2S. The fourth-order valence-corrected chi connectivity index (χ4v) is 5.90. The van der Waals surface area contributed by atoms with E-state index in [0.717, 1.165) is 37.9 Å². The molecule has 3 saturated carbocycles. The number of aromatic nitrogens is 4. The molecule has 0 spiro atoms. The second-order valence-corrected chi connectivity index (χ2v) is 9.84. The molecular weight excluding hydrogens is 493 g/mol. The molecule has 3 aromatic heterocycles. The van der Waals surface area contributed by atoms with E-state index >= 15 is 4.39 Å². The van der Waals surface area contributed by atoms with Crippen LogP contribution in [0.25, 0.3) is 22.4 Å². The Morgan fingerprint density at radius 3 is 2.57 bits per heavy atom. The van der Waals surface area contributed by atoms with Crippen molar-refractivity contribution < 1.29 is 31.9 Å². The van der Waals surface area contributed by atoms with Crippen LogP contribution < -0.4 is 5.32 Å². The molecule has 13 heteroatoms. The van der Waals surface area contributed by atoms with Crippen LogP contribution in [0.1, 0.15) is 25.7 Å². The number of aromatic amines is 1. The van der Waals surface area contributed by atoms with Gasteiger partial charge in [0.05, 0.1) is 17.9 Å². The van der Waals surface area contributed by atoms with E-state index in [2.05, 4.69) is 25.3 Å². The number of H-pyrrole nitrogens is 1. The van der Waals surface area contributed by atoms with Gasteiger partial charge in [-0.1, -0.05) is 11.8 Å². The molecule has 0 aliphatic heterocycles. The highest BCUT2D eigenvalue weighted by molar-refractivity contribution is 7.99. The normalized spacial score (nSPS) is 24.1. The Morgan fingerprint density at radius 1 is 1.17 bits per heavy atom. The van der Waals surface area contributed by atoms with Gasteiger partial charge in [0.1, 0.15) is 16.5 Å². The molecule has 3 aromatic rings. The highest BCUT2D eigenvalue weighted by atomic mass is 32.2. The molecule has 35 heavy (non-hydrogen) atoms. The molecule has 3 fully saturated rings. The Labute approximate surface area is 199 Å². The third-order valence-corrected chi connectivity index (χ3v) is 7.76. The van der Waals surface area contributed by atoms with E-state index in [1.54, 1.807) is 0 Å². The number of alkyl halides is 3. The van der Waals surface area contributed by atoms with Crippen LogP contribution in [-0.4, -0.2) is 49.0 Å². The average molecular weight is 513 g/mol. The van der Waals surface area contributed by atoms with Crippen molar-refractivity contribution >= 4 is 34.6 Å². The third-order valence-electron chi connectivity index (χ3n) is 6.74. The van der Waals surface area contributed by atoms with Crippen LogP contribution in [0.3, 0.4) is 0 Å². The number of nitrogens with zero attached hydrogens (tertiary/aromatic N) is 3. The molecule has 0 radical (unpaired) electrons. The number of rotatable bonds is 6. The Kier molecular flexibility index (Phi) is 6.06. The molecule has 3 heterocycles. The summed E-state index contributed by atoms with van der Waals surface area (Å²) in [7, 11) is 0. The van der Waals surface area contributed by atoms with Gasteiger partial charge in [0, 0.05) is 23.2 Å². The third kappa shape index (κ3) is 4.65. The summed E-state index contributed by atoms with van der Waals surface area (Å²) in [6, 6.07) is 0.539. The monoisotopic (exact) mass is 513 g/mol. The number of aliphatic carboxylic acids is 1. The number of fused-ring (bicyclic) bond motifs is 4. The summed E-state index contributed by atoms with van der Waals surface area (Å²) in [4.78, 5) is 26.9. The summed E-state index contributed by atoms with van der Waals surface area (Å²) in [5.41, 5.74) is 0.521. The van der Waals surface area contributed by atoms with Crippen LogP contribution in [0, 0.1) is 29.4 Å². The number of carboxylic acid groups (broad SMARTS) is 1. The lowest BCUT2D eigenvalue weighted by Crippen LogP contribution is -2.51. The van der Waals surface area contributed by atoms with Crippen molar-refractivity contribution in [3.63, 3.8) is 0 Å². The first-order valence-electron chi connectivity index (χ1n) is 11.0. The van der Waals surface area contributed by atoms with E-state index in [-0.39, 0.29) is 46.2 Å². The van der Waals surface area contributed by atoms with Gasteiger partial charge in [0.2, 0.25) is 0 Å². The number of hydrogen-bond acceptors (Lipinski definition) is 6. The minimum atomic E-state index is -4.57. The van der Waals surface area contributed by atoms with Gasteiger partial charge < -0.3 is 15.4 Å². The van der Waals surface area contributed by atoms with Crippen molar-refractivity contribution in [3.05, 3.63) is 30.1 Å². The van der Waals surface area contributed by atoms with Crippen LogP contribution in [0.5, 0.6) is 0 Å². The first kappa shape index (κ1) is 23.8. The van der Waals surface area contributed by atoms with Crippen molar-refractivity contribution in [1.29, 1.82) is 0 Å². The zero-order chi connectivity index (χ0) is 24.9. The van der Waals surface area contributed by atoms with Gasteiger partial charge in [-0.2, -0.15) is 17.6 Å². The smallest absolute Gasteiger partial charge is 0.398 e. The number of carboxylic acids is 1. The van der Waals surface area contributed by atoms with E-state index in [9.17, 15) is 27.5 Å². The van der Waals surface area contributed by atoms with Crippen LogP contribution in [0.15, 0.2) is 23.5 Å². The number of halogens is 5.